The van der Waals surface area contributed by atoms with Crippen LogP contribution < -0.4 is 9.47 Å². The zero-order chi connectivity index (χ0) is 15.4. The summed E-state index contributed by atoms with van der Waals surface area (Å²) in [7, 11) is 4.93. The minimum atomic E-state index is -0.157. The van der Waals surface area contributed by atoms with Gasteiger partial charge in [-0.1, -0.05) is 0 Å². The Kier molecular flexibility index (Phi) is 4.52. The predicted molar refractivity (Wildman–Crippen MR) is 78.8 cm³/mol. The fourth-order valence-electron chi connectivity index (χ4n) is 2.07. The maximum absolute atomic E-state index is 12.3. The molecule has 0 aliphatic carbocycles. The van der Waals surface area contributed by atoms with Crippen molar-refractivity contribution in [2.24, 2.45) is 0 Å². The van der Waals surface area contributed by atoms with Crippen molar-refractivity contribution in [3.05, 3.63) is 47.4 Å². The zero-order valence-electron chi connectivity index (χ0n) is 12.7. The van der Waals surface area contributed by atoms with Crippen molar-refractivity contribution in [1.29, 1.82) is 0 Å². The first kappa shape index (κ1) is 15.0. The van der Waals surface area contributed by atoms with Crippen LogP contribution >= 0.6 is 0 Å². The van der Waals surface area contributed by atoms with Crippen LogP contribution in [0.2, 0.25) is 0 Å². The second-order valence-corrected chi connectivity index (χ2v) is 4.77. The molecule has 5 nitrogen and oxygen atoms in total. The molecule has 112 valence electrons. The Morgan fingerprint density at radius 1 is 1.24 bits per heavy atom. The van der Waals surface area contributed by atoms with Crippen molar-refractivity contribution < 1.29 is 18.7 Å². The van der Waals surface area contributed by atoms with Gasteiger partial charge >= 0.3 is 0 Å². The van der Waals surface area contributed by atoms with Gasteiger partial charge in [-0.15, -0.1) is 0 Å². The van der Waals surface area contributed by atoms with Gasteiger partial charge in [-0.3, -0.25) is 4.79 Å². The first-order valence-corrected chi connectivity index (χ1v) is 6.57. The molecular weight excluding hydrogens is 270 g/mol. The highest BCUT2D eigenvalue weighted by molar-refractivity contribution is 5.92. The number of amides is 1. The largest absolute Gasteiger partial charge is 0.497 e. The van der Waals surface area contributed by atoms with Crippen LogP contribution in [-0.4, -0.2) is 32.1 Å². The van der Waals surface area contributed by atoms with E-state index in [4.69, 9.17) is 13.9 Å². The summed E-state index contributed by atoms with van der Waals surface area (Å²) in [5.41, 5.74) is 1.73. The Labute approximate surface area is 124 Å². The summed E-state index contributed by atoms with van der Waals surface area (Å²) in [5, 5.41) is 0. The number of hydrogen-bond acceptors (Lipinski definition) is 4. The lowest BCUT2D eigenvalue weighted by Gasteiger charge is -2.18. The number of ether oxygens (including phenoxy) is 2. The smallest absolute Gasteiger partial charge is 0.289 e. The van der Waals surface area contributed by atoms with Crippen molar-refractivity contribution in [1.82, 2.24) is 4.90 Å². The van der Waals surface area contributed by atoms with Gasteiger partial charge in [-0.05, 0) is 25.1 Å². The second-order valence-electron chi connectivity index (χ2n) is 4.77. The third kappa shape index (κ3) is 3.18. The first-order valence-electron chi connectivity index (χ1n) is 6.57. The van der Waals surface area contributed by atoms with Crippen LogP contribution in [0.1, 0.15) is 21.7 Å². The van der Waals surface area contributed by atoms with E-state index in [9.17, 15) is 4.79 Å². The van der Waals surface area contributed by atoms with Crippen LogP contribution in [0.4, 0.5) is 0 Å². The predicted octanol–water partition coefficient (Wildman–Crippen LogP) is 2.88. The van der Waals surface area contributed by atoms with Crippen LogP contribution in [0.25, 0.3) is 0 Å². The van der Waals surface area contributed by atoms with Gasteiger partial charge in [-0.2, -0.15) is 0 Å². The Bertz CT molecular complexity index is 633. The quantitative estimate of drug-likeness (QED) is 0.849. The number of rotatable bonds is 5. The number of aryl methyl sites for hydroxylation is 1. The van der Waals surface area contributed by atoms with Crippen LogP contribution in [0, 0.1) is 6.92 Å². The molecule has 0 aliphatic rings. The van der Waals surface area contributed by atoms with Gasteiger partial charge in [0.2, 0.25) is 0 Å². The summed E-state index contributed by atoms with van der Waals surface area (Å²) < 4.78 is 15.7. The van der Waals surface area contributed by atoms with E-state index in [2.05, 4.69) is 0 Å². The van der Waals surface area contributed by atoms with Crippen LogP contribution in [0.5, 0.6) is 11.5 Å². The molecule has 1 amide bonds. The standard InChI is InChI=1S/C16H19NO4/c1-11-7-8-21-15(11)16(18)17(2)10-12-5-6-13(19-3)9-14(12)20-4/h5-9H,10H2,1-4H3. The van der Waals surface area contributed by atoms with Crippen molar-refractivity contribution in [2.45, 2.75) is 13.5 Å². The lowest BCUT2D eigenvalue weighted by atomic mass is 10.1. The highest BCUT2D eigenvalue weighted by atomic mass is 16.5. The molecule has 21 heavy (non-hydrogen) atoms. The molecule has 1 aromatic heterocycles. The maximum atomic E-state index is 12.3. The summed E-state index contributed by atoms with van der Waals surface area (Å²) in [6, 6.07) is 7.30. The Morgan fingerprint density at radius 2 is 2.00 bits per heavy atom. The molecule has 0 bridgehead atoms. The average Bonchev–Trinajstić information content (AvgIpc) is 2.92. The molecule has 0 spiro atoms. The molecule has 0 unspecified atom stereocenters. The third-order valence-electron chi connectivity index (χ3n) is 3.30. The fourth-order valence-corrected chi connectivity index (χ4v) is 2.07. The molecule has 0 saturated carbocycles. The number of furan rings is 1. The number of hydrogen-bond donors (Lipinski definition) is 0. The first-order chi connectivity index (χ1) is 10.1. The summed E-state index contributed by atoms with van der Waals surface area (Å²) >= 11 is 0. The lowest BCUT2D eigenvalue weighted by Crippen LogP contribution is -2.26. The van der Waals surface area contributed by atoms with Gasteiger partial charge in [-0.25, -0.2) is 0 Å². The normalized spacial score (nSPS) is 10.3. The summed E-state index contributed by atoms with van der Waals surface area (Å²) in [4.78, 5) is 13.9. The zero-order valence-corrected chi connectivity index (χ0v) is 12.7. The lowest BCUT2D eigenvalue weighted by molar-refractivity contribution is 0.0751. The molecule has 0 radical (unpaired) electrons. The molecule has 0 aliphatic heterocycles. The van der Waals surface area contributed by atoms with Gasteiger partial charge in [0.1, 0.15) is 11.5 Å². The molecular formula is C16H19NO4. The van der Waals surface area contributed by atoms with E-state index in [0.29, 0.717) is 23.8 Å². The summed E-state index contributed by atoms with van der Waals surface area (Å²) in [5.74, 6) is 1.61. The van der Waals surface area contributed by atoms with Crippen LogP contribution in [0.3, 0.4) is 0 Å². The van der Waals surface area contributed by atoms with Gasteiger partial charge in [0.25, 0.3) is 5.91 Å². The van der Waals surface area contributed by atoms with Crippen molar-refractivity contribution >= 4 is 5.91 Å². The number of benzene rings is 1. The summed E-state index contributed by atoms with van der Waals surface area (Å²) in [6.45, 7) is 2.27. The van der Waals surface area contributed by atoms with Crippen LogP contribution in [0.15, 0.2) is 34.9 Å². The van der Waals surface area contributed by atoms with E-state index < -0.39 is 0 Å². The molecule has 2 aromatic rings. The van der Waals surface area contributed by atoms with E-state index in [0.717, 1.165) is 11.1 Å². The van der Waals surface area contributed by atoms with Gasteiger partial charge in [0.05, 0.1) is 20.5 Å². The molecule has 1 heterocycles. The third-order valence-corrected chi connectivity index (χ3v) is 3.30. The number of methoxy groups -OCH3 is 2. The minimum absolute atomic E-state index is 0.157. The Morgan fingerprint density at radius 3 is 2.57 bits per heavy atom. The molecule has 0 atom stereocenters. The summed E-state index contributed by atoms with van der Waals surface area (Å²) in [6.07, 6.45) is 1.52. The van der Waals surface area contributed by atoms with Crippen molar-refractivity contribution in [3.8, 4) is 11.5 Å². The number of carbonyl (C=O) groups excluding carboxylic acids is 1. The average molecular weight is 289 g/mol. The highest BCUT2D eigenvalue weighted by Crippen LogP contribution is 2.26. The van der Waals surface area contributed by atoms with Crippen molar-refractivity contribution in [2.75, 3.05) is 21.3 Å². The van der Waals surface area contributed by atoms with Gasteiger partial charge in [0.15, 0.2) is 5.76 Å². The molecule has 0 fully saturated rings. The molecule has 2 rings (SSSR count). The molecule has 0 N–H and O–H groups in total. The SMILES string of the molecule is COc1ccc(CN(C)C(=O)c2occc2C)c(OC)c1. The molecule has 0 saturated heterocycles. The molecule has 5 heteroatoms. The number of nitrogens with zero attached hydrogens (tertiary/aromatic N) is 1. The van der Waals surface area contributed by atoms with E-state index in [-0.39, 0.29) is 5.91 Å². The second kappa shape index (κ2) is 6.35. The van der Waals surface area contributed by atoms with E-state index in [1.807, 2.05) is 19.1 Å². The van der Waals surface area contributed by atoms with E-state index >= 15 is 0 Å². The topological polar surface area (TPSA) is 51.9 Å². The monoisotopic (exact) mass is 289 g/mol. The van der Waals surface area contributed by atoms with Gasteiger partial charge in [0, 0.05) is 30.8 Å². The van der Waals surface area contributed by atoms with Crippen LogP contribution in [-0.2, 0) is 6.54 Å². The van der Waals surface area contributed by atoms with Crippen molar-refractivity contribution in [3.63, 3.8) is 0 Å². The fraction of sp³-hybridized carbons (Fsp3) is 0.312. The minimum Gasteiger partial charge on any atom is -0.497 e. The Hall–Kier alpha value is -2.43. The number of carbonyl (C=O) groups is 1. The van der Waals surface area contributed by atoms with E-state index in [1.165, 1.54) is 6.26 Å². The maximum Gasteiger partial charge on any atom is 0.289 e. The van der Waals surface area contributed by atoms with E-state index in [1.54, 1.807) is 38.3 Å². The van der Waals surface area contributed by atoms with Gasteiger partial charge < -0.3 is 18.8 Å². The highest BCUT2D eigenvalue weighted by Gasteiger charge is 2.18. The molecule has 1 aromatic carbocycles. The Balaban J connectivity index is 2.18.